The zero-order valence-electron chi connectivity index (χ0n) is 23.1. The van der Waals surface area contributed by atoms with Gasteiger partial charge in [-0.1, -0.05) is 43.2 Å². The number of carbonyl (C=O) groups is 2. The molecule has 2 N–H and O–H groups in total. The van der Waals surface area contributed by atoms with Gasteiger partial charge in [0.25, 0.3) is 0 Å². The first-order valence-corrected chi connectivity index (χ1v) is 16.2. The molecule has 0 unspecified atom stereocenters. The van der Waals surface area contributed by atoms with Gasteiger partial charge in [0.2, 0.25) is 21.8 Å². The van der Waals surface area contributed by atoms with Gasteiger partial charge in [-0.25, -0.2) is 17.8 Å². The minimum atomic E-state index is -3.75. The van der Waals surface area contributed by atoms with Gasteiger partial charge >= 0.3 is 0 Å². The Labute approximate surface area is 243 Å². The average molecular weight is 595 g/mol. The molecule has 2 heterocycles. The smallest absolute Gasteiger partial charge is 0.249 e. The molecule has 12 heteroatoms. The second kappa shape index (κ2) is 12.5. The van der Waals surface area contributed by atoms with Crippen LogP contribution < -0.4 is 14.9 Å². The Morgan fingerprint density at radius 1 is 1.07 bits per heavy atom. The molecule has 1 saturated carbocycles. The Hall–Kier alpha value is -3.61. The van der Waals surface area contributed by atoms with Crippen molar-refractivity contribution in [3.63, 3.8) is 0 Å². The zero-order chi connectivity index (χ0) is 29.0. The zero-order valence-corrected chi connectivity index (χ0v) is 24.7. The van der Waals surface area contributed by atoms with E-state index in [2.05, 4.69) is 20.4 Å². The summed E-state index contributed by atoms with van der Waals surface area (Å²) in [4.78, 5) is 30.2. The maximum Gasteiger partial charge on any atom is 0.249 e. The van der Waals surface area contributed by atoms with Crippen LogP contribution in [0.4, 0.5) is 5.69 Å². The monoisotopic (exact) mass is 594 g/mol. The van der Waals surface area contributed by atoms with E-state index in [4.69, 9.17) is 0 Å². The van der Waals surface area contributed by atoms with Crippen molar-refractivity contribution in [2.75, 3.05) is 4.90 Å². The molecule has 0 saturated heterocycles. The van der Waals surface area contributed by atoms with E-state index >= 15 is 0 Å². The lowest BCUT2D eigenvalue weighted by Gasteiger charge is -2.31. The number of fused-ring (bicyclic) bond motifs is 1. The molecule has 4 aromatic rings. The number of thiophene rings is 1. The van der Waals surface area contributed by atoms with Crippen LogP contribution in [0.25, 0.3) is 11.0 Å². The second-order valence-corrected chi connectivity index (χ2v) is 13.0. The number of anilines is 1. The highest BCUT2D eigenvalue weighted by atomic mass is 32.2. The van der Waals surface area contributed by atoms with Gasteiger partial charge in [0, 0.05) is 22.6 Å². The summed E-state index contributed by atoms with van der Waals surface area (Å²) in [6.45, 7) is 3.54. The summed E-state index contributed by atoms with van der Waals surface area (Å²) in [5.74, 6) is -0.653. The number of rotatable bonds is 11. The molecule has 10 nitrogen and oxygen atoms in total. The predicted octanol–water partition coefficient (Wildman–Crippen LogP) is 4.40. The molecule has 1 fully saturated rings. The molecule has 1 aliphatic carbocycles. The van der Waals surface area contributed by atoms with Gasteiger partial charge in [-0.2, -0.15) is 0 Å². The van der Waals surface area contributed by atoms with E-state index in [0.717, 1.165) is 25.7 Å². The summed E-state index contributed by atoms with van der Waals surface area (Å²) in [5.41, 5.74) is 1.76. The molecule has 2 amide bonds. The number of para-hydroxylation sites is 1. The summed E-state index contributed by atoms with van der Waals surface area (Å²) in [6, 6.07) is 16.0. The van der Waals surface area contributed by atoms with Crippen molar-refractivity contribution in [3.05, 3.63) is 70.9 Å². The molecule has 0 aliphatic heterocycles. The number of nitrogens with one attached hydrogen (secondary N) is 2. The van der Waals surface area contributed by atoms with Crippen molar-refractivity contribution in [2.45, 2.75) is 75.5 Å². The van der Waals surface area contributed by atoms with E-state index in [9.17, 15) is 18.0 Å². The fourth-order valence-electron chi connectivity index (χ4n) is 5.05. The fourth-order valence-corrected chi connectivity index (χ4v) is 7.19. The molecule has 2 atom stereocenters. The van der Waals surface area contributed by atoms with Crippen LogP contribution in [0.5, 0.6) is 0 Å². The molecular formula is C29H34N6O4S2. The van der Waals surface area contributed by atoms with E-state index in [1.54, 1.807) is 19.1 Å². The summed E-state index contributed by atoms with van der Waals surface area (Å²) >= 11 is 1.39. The van der Waals surface area contributed by atoms with Crippen molar-refractivity contribution in [2.24, 2.45) is 0 Å². The highest BCUT2D eigenvalue weighted by Gasteiger charge is 2.35. The summed E-state index contributed by atoms with van der Waals surface area (Å²) in [7, 11) is -3.75. The molecular weight excluding hydrogens is 560 g/mol. The van der Waals surface area contributed by atoms with Crippen molar-refractivity contribution in [1.82, 2.24) is 25.0 Å². The molecule has 0 radical (unpaired) electrons. The van der Waals surface area contributed by atoms with E-state index in [1.807, 2.05) is 48.7 Å². The normalized spacial score (nSPS) is 15.6. The first kappa shape index (κ1) is 28.9. The third-order valence-electron chi connectivity index (χ3n) is 7.39. The van der Waals surface area contributed by atoms with Crippen LogP contribution in [0.2, 0.25) is 0 Å². The third kappa shape index (κ3) is 6.50. The highest BCUT2D eigenvalue weighted by molar-refractivity contribution is 7.89. The van der Waals surface area contributed by atoms with Crippen LogP contribution in [0.3, 0.4) is 0 Å². The Morgan fingerprint density at radius 3 is 2.49 bits per heavy atom. The topological polar surface area (TPSA) is 126 Å². The van der Waals surface area contributed by atoms with Crippen molar-refractivity contribution < 1.29 is 18.0 Å². The van der Waals surface area contributed by atoms with Gasteiger partial charge in [-0.05, 0) is 74.0 Å². The van der Waals surface area contributed by atoms with Crippen molar-refractivity contribution >= 4 is 49.9 Å². The van der Waals surface area contributed by atoms with Gasteiger partial charge in [-0.15, -0.1) is 16.4 Å². The number of hydrogen-bond acceptors (Lipinski definition) is 7. The van der Waals surface area contributed by atoms with Gasteiger partial charge in [0.1, 0.15) is 18.1 Å². The van der Waals surface area contributed by atoms with Crippen LogP contribution >= 0.6 is 11.3 Å². The lowest BCUT2D eigenvalue weighted by Crippen LogP contribution is -2.47. The van der Waals surface area contributed by atoms with Gasteiger partial charge in [0.05, 0.1) is 10.4 Å². The molecule has 0 spiro atoms. The second-order valence-electron chi connectivity index (χ2n) is 10.3. The Balaban J connectivity index is 1.53. The standard InChI is InChI=1S/C29H34N6O4S2/c1-3-20(2)32-41(38,39)23-16-14-22(15-17-23)35(27(36)19-34-25-12-7-6-11-24(25)31-33-34)28(26-13-8-18-40-26)29(37)30-21-9-4-5-10-21/h6-8,11-18,20-21,28,32H,3-5,9-10,19H2,1-2H3,(H,30,37)/t20-,28-/m0/s1. The Kier molecular flexibility index (Phi) is 8.81. The summed E-state index contributed by atoms with van der Waals surface area (Å²) in [6.07, 6.45) is 4.55. The number of nitrogens with zero attached hydrogens (tertiary/aromatic N) is 4. The SMILES string of the molecule is CC[C@H](C)NS(=O)(=O)c1ccc(N(C(=O)Cn2nnc3ccccc32)[C@H](C(=O)NC2CCCC2)c2cccs2)cc1. The number of carbonyl (C=O) groups excluding carboxylic acids is 2. The highest BCUT2D eigenvalue weighted by Crippen LogP contribution is 2.33. The molecule has 2 aromatic carbocycles. The maximum atomic E-state index is 14.1. The van der Waals surface area contributed by atoms with E-state index in [-0.39, 0.29) is 35.3 Å². The fraction of sp³-hybridized carbons (Fsp3) is 0.379. The van der Waals surface area contributed by atoms with Crippen LogP contribution in [0.15, 0.2) is 70.9 Å². The first-order valence-electron chi connectivity index (χ1n) is 13.8. The van der Waals surface area contributed by atoms with Crippen LogP contribution in [0.1, 0.15) is 56.9 Å². The summed E-state index contributed by atoms with van der Waals surface area (Å²) < 4.78 is 30.0. The average Bonchev–Trinajstić information content (AvgIpc) is 3.75. The third-order valence-corrected chi connectivity index (χ3v) is 9.92. The number of benzene rings is 2. The van der Waals surface area contributed by atoms with Gasteiger partial charge in [0.15, 0.2) is 0 Å². The minimum absolute atomic E-state index is 0.0559. The number of amides is 2. The number of aromatic nitrogens is 3. The van der Waals surface area contributed by atoms with Gasteiger partial charge < -0.3 is 5.32 Å². The molecule has 41 heavy (non-hydrogen) atoms. The Morgan fingerprint density at radius 2 is 1.80 bits per heavy atom. The molecule has 5 rings (SSSR count). The number of sulfonamides is 1. The first-order chi connectivity index (χ1) is 19.8. The van der Waals surface area contributed by atoms with Crippen molar-refractivity contribution in [3.8, 4) is 0 Å². The van der Waals surface area contributed by atoms with Gasteiger partial charge in [-0.3, -0.25) is 14.5 Å². The molecule has 0 bridgehead atoms. The largest absolute Gasteiger partial charge is 0.351 e. The van der Waals surface area contributed by atoms with Crippen LogP contribution in [-0.2, 0) is 26.2 Å². The van der Waals surface area contributed by atoms with Crippen molar-refractivity contribution in [1.29, 1.82) is 0 Å². The maximum absolute atomic E-state index is 14.1. The minimum Gasteiger partial charge on any atom is -0.351 e. The molecule has 216 valence electrons. The number of hydrogen-bond donors (Lipinski definition) is 2. The molecule has 2 aromatic heterocycles. The van der Waals surface area contributed by atoms with E-state index < -0.39 is 16.1 Å². The van der Waals surface area contributed by atoms with E-state index in [0.29, 0.717) is 28.0 Å². The predicted molar refractivity (Wildman–Crippen MR) is 159 cm³/mol. The lowest BCUT2D eigenvalue weighted by molar-refractivity contribution is -0.127. The van der Waals surface area contributed by atoms with Crippen LogP contribution in [0, 0.1) is 0 Å². The Bertz CT molecular complexity index is 1600. The molecule has 1 aliphatic rings. The summed E-state index contributed by atoms with van der Waals surface area (Å²) in [5, 5.41) is 13.4. The lowest BCUT2D eigenvalue weighted by atomic mass is 10.1. The quantitative estimate of drug-likeness (QED) is 0.265. The van der Waals surface area contributed by atoms with E-state index in [1.165, 1.54) is 33.1 Å². The van der Waals surface area contributed by atoms with Crippen LogP contribution in [-0.4, -0.2) is 47.3 Å².